The minimum atomic E-state index is -0.583. The van der Waals surface area contributed by atoms with Crippen molar-refractivity contribution >= 4 is 38.5 Å². The molecular weight excluding hydrogens is 403 g/mol. The molecule has 2 rings (SSSR count). The van der Waals surface area contributed by atoms with Gasteiger partial charge in [-0.25, -0.2) is 0 Å². The summed E-state index contributed by atoms with van der Waals surface area (Å²) >= 11 is 5.76. The van der Waals surface area contributed by atoms with Gasteiger partial charge in [-0.3, -0.25) is 0 Å². The third-order valence-electron chi connectivity index (χ3n) is 2.93. The van der Waals surface area contributed by atoms with Crippen LogP contribution < -0.4 is 0 Å². The normalized spacial score (nSPS) is 12.4. The lowest BCUT2D eigenvalue weighted by Gasteiger charge is -2.14. The molecule has 2 aromatic carbocycles. The molecule has 0 heterocycles. The average Bonchev–Trinajstić information content (AvgIpc) is 2.41. The van der Waals surface area contributed by atoms with Crippen LogP contribution in [0.1, 0.15) is 29.7 Å². The Morgan fingerprint density at radius 2 is 2.00 bits per heavy atom. The van der Waals surface area contributed by atoms with E-state index in [0.717, 1.165) is 25.6 Å². The molecule has 0 aromatic heterocycles. The van der Waals surface area contributed by atoms with E-state index >= 15 is 0 Å². The summed E-state index contributed by atoms with van der Waals surface area (Å²) in [4.78, 5) is 0. The number of hydrogen-bond donors (Lipinski definition) is 1. The Morgan fingerprint density at radius 1 is 1.22 bits per heavy atom. The highest BCUT2D eigenvalue weighted by Crippen LogP contribution is 2.30. The van der Waals surface area contributed by atoms with Gasteiger partial charge >= 0.3 is 0 Å². The molecule has 0 saturated heterocycles. The molecule has 1 unspecified atom stereocenters. The summed E-state index contributed by atoms with van der Waals surface area (Å²) in [6.07, 6.45) is 0.397. The van der Waals surface area contributed by atoms with Crippen molar-refractivity contribution in [1.82, 2.24) is 0 Å². The van der Waals surface area contributed by atoms with Gasteiger partial charge in [0.05, 0.1) is 0 Å². The van der Waals surface area contributed by atoms with E-state index in [1.54, 1.807) is 0 Å². The summed E-state index contributed by atoms with van der Waals surface area (Å²) in [5.41, 5.74) is 3.10. The molecule has 0 fully saturated rings. The van der Waals surface area contributed by atoms with Crippen molar-refractivity contribution in [2.24, 2.45) is 0 Å². The van der Waals surface area contributed by atoms with Gasteiger partial charge in [0.1, 0.15) is 6.10 Å². The van der Waals surface area contributed by atoms with Crippen LogP contribution in [0.25, 0.3) is 0 Å². The second kappa shape index (κ2) is 6.17. The number of benzene rings is 2. The SMILES string of the molecule is CCc1cccc(C(O)c2cc(I)ccc2Br)c1. The van der Waals surface area contributed by atoms with Crippen molar-refractivity contribution in [2.45, 2.75) is 19.4 Å². The fraction of sp³-hybridized carbons (Fsp3) is 0.200. The molecule has 0 radical (unpaired) electrons. The van der Waals surface area contributed by atoms with E-state index in [1.165, 1.54) is 5.56 Å². The molecule has 0 aliphatic carbocycles. The molecule has 1 nitrogen and oxygen atoms in total. The van der Waals surface area contributed by atoms with Crippen LogP contribution in [0.2, 0.25) is 0 Å². The van der Waals surface area contributed by atoms with Gasteiger partial charge in [0.25, 0.3) is 0 Å². The van der Waals surface area contributed by atoms with E-state index < -0.39 is 6.10 Å². The first-order valence-corrected chi connectivity index (χ1v) is 7.71. The molecule has 0 saturated carbocycles. The Labute approximate surface area is 130 Å². The van der Waals surface area contributed by atoms with Crippen molar-refractivity contribution in [3.8, 4) is 0 Å². The number of aryl methyl sites for hydroxylation is 1. The van der Waals surface area contributed by atoms with Crippen LogP contribution in [0.5, 0.6) is 0 Å². The average molecular weight is 417 g/mol. The van der Waals surface area contributed by atoms with E-state index in [4.69, 9.17) is 0 Å². The first-order valence-electron chi connectivity index (χ1n) is 5.83. The number of halogens is 2. The summed E-state index contributed by atoms with van der Waals surface area (Å²) in [5, 5.41) is 10.5. The molecule has 0 bridgehead atoms. The second-order valence-electron chi connectivity index (χ2n) is 4.17. The van der Waals surface area contributed by atoms with E-state index in [0.29, 0.717) is 0 Å². The lowest BCUT2D eigenvalue weighted by atomic mass is 9.99. The minimum absolute atomic E-state index is 0.583. The van der Waals surface area contributed by atoms with Gasteiger partial charge < -0.3 is 5.11 Å². The van der Waals surface area contributed by atoms with Crippen LogP contribution in [0.4, 0.5) is 0 Å². The Kier molecular flexibility index (Phi) is 4.81. The van der Waals surface area contributed by atoms with Gasteiger partial charge in [0, 0.05) is 13.6 Å². The molecule has 1 atom stereocenters. The van der Waals surface area contributed by atoms with Crippen molar-refractivity contribution in [3.05, 3.63) is 67.2 Å². The third kappa shape index (κ3) is 3.13. The van der Waals surface area contributed by atoms with Gasteiger partial charge in [0.15, 0.2) is 0 Å². The number of aliphatic hydroxyl groups is 1. The predicted octanol–water partition coefficient (Wildman–Crippen LogP) is 4.70. The van der Waals surface area contributed by atoms with Crippen LogP contribution in [0.3, 0.4) is 0 Å². The van der Waals surface area contributed by atoms with Gasteiger partial charge in [-0.1, -0.05) is 47.1 Å². The summed E-state index contributed by atoms with van der Waals surface area (Å²) in [6.45, 7) is 2.12. The lowest BCUT2D eigenvalue weighted by molar-refractivity contribution is 0.219. The largest absolute Gasteiger partial charge is 0.384 e. The molecule has 2 aromatic rings. The van der Waals surface area contributed by atoms with Gasteiger partial charge in [-0.05, 0) is 58.3 Å². The number of rotatable bonds is 3. The Bertz CT molecular complexity index is 554. The fourth-order valence-electron chi connectivity index (χ4n) is 1.89. The fourth-order valence-corrected chi connectivity index (χ4v) is 2.87. The molecule has 18 heavy (non-hydrogen) atoms. The van der Waals surface area contributed by atoms with Crippen LogP contribution in [0, 0.1) is 3.57 Å². The Morgan fingerprint density at radius 3 is 2.72 bits per heavy atom. The molecule has 0 aliphatic rings. The molecule has 3 heteroatoms. The summed E-state index contributed by atoms with van der Waals surface area (Å²) in [6, 6.07) is 14.1. The predicted molar refractivity (Wildman–Crippen MR) is 86.7 cm³/mol. The Balaban J connectivity index is 2.40. The van der Waals surface area contributed by atoms with Crippen LogP contribution >= 0.6 is 38.5 Å². The molecule has 0 aliphatic heterocycles. The van der Waals surface area contributed by atoms with E-state index in [2.05, 4.69) is 57.6 Å². The molecular formula is C15H14BrIO. The highest BCUT2D eigenvalue weighted by molar-refractivity contribution is 14.1. The maximum Gasteiger partial charge on any atom is 0.105 e. The molecule has 0 amide bonds. The first-order chi connectivity index (χ1) is 8.61. The molecule has 1 N–H and O–H groups in total. The van der Waals surface area contributed by atoms with E-state index in [1.807, 2.05) is 30.3 Å². The topological polar surface area (TPSA) is 20.2 Å². The smallest absolute Gasteiger partial charge is 0.105 e. The zero-order valence-electron chi connectivity index (χ0n) is 10.0. The van der Waals surface area contributed by atoms with Crippen molar-refractivity contribution < 1.29 is 5.11 Å². The standard InChI is InChI=1S/C15H14BrIO/c1-2-10-4-3-5-11(8-10)15(18)13-9-12(17)6-7-14(13)16/h3-9,15,18H,2H2,1H3. The minimum Gasteiger partial charge on any atom is -0.384 e. The monoisotopic (exact) mass is 416 g/mol. The summed E-state index contributed by atoms with van der Waals surface area (Å²) in [5.74, 6) is 0. The summed E-state index contributed by atoms with van der Waals surface area (Å²) in [7, 11) is 0. The van der Waals surface area contributed by atoms with Crippen molar-refractivity contribution in [2.75, 3.05) is 0 Å². The maximum absolute atomic E-state index is 10.5. The van der Waals surface area contributed by atoms with Crippen LogP contribution in [-0.4, -0.2) is 5.11 Å². The third-order valence-corrected chi connectivity index (χ3v) is 4.32. The quantitative estimate of drug-likeness (QED) is 0.719. The zero-order valence-corrected chi connectivity index (χ0v) is 13.8. The molecule has 0 spiro atoms. The number of hydrogen-bond acceptors (Lipinski definition) is 1. The zero-order chi connectivity index (χ0) is 13.1. The first kappa shape index (κ1) is 14.0. The number of aliphatic hydroxyl groups excluding tert-OH is 1. The van der Waals surface area contributed by atoms with Crippen LogP contribution in [-0.2, 0) is 6.42 Å². The van der Waals surface area contributed by atoms with Gasteiger partial charge in [-0.2, -0.15) is 0 Å². The summed E-state index contributed by atoms with van der Waals surface area (Å²) < 4.78 is 2.06. The van der Waals surface area contributed by atoms with E-state index in [9.17, 15) is 5.11 Å². The van der Waals surface area contributed by atoms with Gasteiger partial charge in [-0.15, -0.1) is 0 Å². The molecule has 94 valence electrons. The van der Waals surface area contributed by atoms with Crippen molar-refractivity contribution in [1.29, 1.82) is 0 Å². The highest BCUT2D eigenvalue weighted by atomic mass is 127. The Hall–Kier alpha value is -0.390. The highest BCUT2D eigenvalue weighted by Gasteiger charge is 2.14. The van der Waals surface area contributed by atoms with Gasteiger partial charge in [0.2, 0.25) is 0 Å². The maximum atomic E-state index is 10.5. The lowest BCUT2D eigenvalue weighted by Crippen LogP contribution is -2.01. The second-order valence-corrected chi connectivity index (χ2v) is 6.27. The van der Waals surface area contributed by atoms with E-state index in [-0.39, 0.29) is 0 Å². The van der Waals surface area contributed by atoms with Crippen LogP contribution in [0.15, 0.2) is 46.9 Å². The van der Waals surface area contributed by atoms with Crippen molar-refractivity contribution in [3.63, 3.8) is 0 Å².